The molecule has 4 heteroatoms. The summed E-state index contributed by atoms with van der Waals surface area (Å²) in [7, 11) is -1.42. The van der Waals surface area contributed by atoms with Crippen molar-refractivity contribution >= 4 is 28.7 Å². The summed E-state index contributed by atoms with van der Waals surface area (Å²) in [5.41, 5.74) is 0.618. The number of hydrogen-bond donors (Lipinski definition) is 0. The lowest BCUT2D eigenvalue weighted by molar-refractivity contribution is 0.418. The largest absolute Gasteiger partial charge is 0.496 e. The molecule has 0 saturated carbocycles. The molecule has 1 aromatic heterocycles. The van der Waals surface area contributed by atoms with Crippen molar-refractivity contribution < 1.29 is 9.30 Å². The second-order valence-electron chi connectivity index (χ2n) is 6.81. The molecule has 3 aromatic rings. The van der Waals surface area contributed by atoms with Crippen LogP contribution in [0.2, 0.25) is 0 Å². The first kappa shape index (κ1) is 16.7. The Morgan fingerprint density at radius 2 is 1.67 bits per heavy atom. The van der Waals surface area contributed by atoms with Gasteiger partial charge in [0.25, 0.3) is 0 Å². The van der Waals surface area contributed by atoms with Crippen molar-refractivity contribution in [3.8, 4) is 5.75 Å². The quantitative estimate of drug-likeness (QED) is 0.666. The molecule has 24 heavy (non-hydrogen) atoms. The predicted octanol–water partition coefficient (Wildman–Crippen LogP) is 4.36. The molecule has 0 saturated heterocycles. The number of fused-ring (bicyclic) bond motifs is 1. The summed E-state index contributed by atoms with van der Waals surface area (Å²) in [6.07, 6.45) is 1.70. The fourth-order valence-corrected chi connectivity index (χ4v) is 6.19. The highest BCUT2D eigenvalue weighted by molar-refractivity contribution is 7.80. The molecular formula is C20H22NO2P. The van der Waals surface area contributed by atoms with E-state index < -0.39 is 12.3 Å². The normalized spacial score (nSPS) is 14.3. The molecule has 0 aliphatic carbocycles. The summed E-state index contributed by atoms with van der Waals surface area (Å²) in [4.78, 5) is 4.46. The topological polar surface area (TPSA) is 39.2 Å². The Kier molecular flexibility index (Phi) is 4.23. The van der Waals surface area contributed by atoms with Gasteiger partial charge in [-0.2, -0.15) is 0 Å². The molecule has 0 spiro atoms. The predicted molar refractivity (Wildman–Crippen MR) is 101 cm³/mol. The first-order chi connectivity index (χ1) is 11.4. The van der Waals surface area contributed by atoms with Gasteiger partial charge in [0.2, 0.25) is 0 Å². The maximum absolute atomic E-state index is 14.5. The molecule has 0 fully saturated rings. The maximum Gasteiger partial charge on any atom is 0.169 e. The van der Waals surface area contributed by atoms with E-state index in [-0.39, 0.29) is 0 Å². The second kappa shape index (κ2) is 6.07. The first-order valence-corrected chi connectivity index (χ1v) is 9.68. The smallest absolute Gasteiger partial charge is 0.169 e. The number of methoxy groups -OCH3 is 1. The van der Waals surface area contributed by atoms with Crippen LogP contribution in [0.1, 0.15) is 20.8 Å². The van der Waals surface area contributed by atoms with Crippen LogP contribution in [0.4, 0.5) is 0 Å². The van der Waals surface area contributed by atoms with Crippen LogP contribution < -0.4 is 15.5 Å². The molecule has 1 unspecified atom stereocenters. The minimum absolute atomic E-state index is 0.487. The number of nitrogens with zero attached hydrogens (tertiary/aromatic N) is 1. The molecule has 0 radical (unpaired) electrons. The van der Waals surface area contributed by atoms with Crippen LogP contribution in [0.25, 0.3) is 10.8 Å². The maximum atomic E-state index is 14.5. The molecule has 124 valence electrons. The molecule has 0 amide bonds. The Morgan fingerprint density at radius 3 is 2.29 bits per heavy atom. The van der Waals surface area contributed by atoms with Crippen LogP contribution >= 0.6 is 7.14 Å². The molecule has 1 atom stereocenters. The third-order valence-corrected chi connectivity index (χ3v) is 8.21. The first-order valence-electron chi connectivity index (χ1n) is 7.97. The molecule has 3 nitrogen and oxygen atoms in total. The molecule has 0 N–H and O–H groups in total. The average Bonchev–Trinajstić information content (AvgIpc) is 2.59. The van der Waals surface area contributed by atoms with Crippen LogP contribution in [-0.2, 0) is 4.57 Å². The third kappa shape index (κ3) is 2.53. The standard InChI is InChI=1S/C20H22NO2P/c1-20(2,3)24(22,18-11-7-8-14-21-18)19-16-10-6-5-9-15(16)12-13-17(19)23-4/h5-14H,1-4H3. The van der Waals surface area contributed by atoms with Crippen LogP contribution in [0.3, 0.4) is 0 Å². The molecular weight excluding hydrogens is 317 g/mol. The fraction of sp³-hybridized carbons (Fsp3) is 0.250. The van der Waals surface area contributed by atoms with E-state index in [9.17, 15) is 4.57 Å². The van der Waals surface area contributed by atoms with Crippen molar-refractivity contribution in [3.63, 3.8) is 0 Å². The highest BCUT2D eigenvalue weighted by atomic mass is 31.2. The van der Waals surface area contributed by atoms with Gasteiger partial charge in [-0.25, -0.2) is 0 Å². The highest BCUT2D eigenvalue weighted by Gasteiger charge is 2.44. The molecule has 3 rings (SSSR count). The van der Waals surface area contributed by atoms with Crippen LogP contribution in [0.5, 0.6) is 5.75 Å². The van der Waals surface area contributed by atoms with Gasteiger partial charge in [-0.05, 0) is 29.0 Å². The monoisotopic (exact) mass is 339 g/mol. The average molecular weight is 339 g/mol. The molecule has 0 bridgehead atoms. The minimum atomic E-state index is -3.04. The number of aromatic nitrogens is 1. The SMILES string of the molecule is COc1ccc2ccccc2c1P(=O)(c1ccccn1)C(C)(C)C. The van der Waals surface area contributed by atoms with Gasteiger partial charge in [0.05, 0.1) is 12.4 Å². The molecule has 2 aromatic carbocycles. The lowest BCUT2D eigenvalue weighted by Gasteiger charge is -2.33. The second-order valence-corrected chi connectivity index (χ2v) is 10.3. The zero-order chi connectivity index (χ0) is 17.4. The van der Waals surface area contributed by atoms with Crippen molar-refractivity contribution in [2.75, 3.05) is 7.11 Å². The van der Waals surface area contributed by atoms with E-state index in [1.165, 1.54) is 0 Å². The van der Waals surface area contributed by atoms with Gasteiger partial charge < -0.3 is 9.30 Å². The van der Waals surface area contributed by atoms with E-state index in [4.69, 9.17) is 4.74 Å². The molecule has 0 aliphatic heterocycles. The van der Waals surface area contributed by atoms with Crippen molar-refractivity contribution in [3.05, 3.63) is 60.8 Å². The summed E-state index contributed by atoms with van der Waals surface area (Å²) >= 11 is 0. The van der Waals surface area contributed by atoms with Crippen molar-refractivity contribution in [1.82, 2.24) is 4.98 Å². The lowest BCUT2D eigenvalue weighted by Crippen LogP contribution is -2.33. The number of benzene rings is 2. The fourth-order valence-electron chi connectivity index (χ4n) is 3.06. The van der Waals surface area contributed by atoms with Crippen LogP contribution in [0.15, 0.2) is 60.8 Å². The zero-order valence-electron chi connectivity index (χ0n) is 14.5. The Hall–Kier alpha value is -2.12. The molecule has 1 heterocycles. The van der Waals surface area contributed by atoms with Crippen molar-refractivity contribution in [1.29, 1.82) is 0 Å². The van der Waals surface area contributed by atoms with Gasteiger partial charge in [0.15, 0.2) is 7.14 Å². The van der Waals surface area contributed by atoms with Crippen molar-refractivity contribution in [2.45, 2.75) is 25.9 Å². The highest BCUT2D eigenvalue weighted by Crippen LogP contribution is 2.57. The van der Waals surface area contributed by atoms with Gasteiger partial charge in [-0.3, -0.25) is 4.98 Å². The van der Waals surface area contributed by atoms with Gasteiger partial charge in [0, 0.05) is 11.4 Å². The van der Waals surface area contributed by atoms with Gasteiger partial charge in [-0.1, -0.05) is 57.2 Å². The Bertz CT molecular complexity index is 914. The Balaban J connectivity index is 2.47. The lowest BCUT2D eigenvalue weighted by atomic mass is 10.1. The number of hydrogen-bond acceptors (Lipinski definition) is 3. The Morgan fingerprint density at radius 1 is 0.958 bits per heavy atom. The van der Waals surface area contributed by atoms with Crippen LogP contribution in [0, 0.1) is 0 Å². The van der Waals surface area contributed by atoms with E-state index in [1.54, 1.807) is 13.3 Å². The number of pyridine rings is 1. The number of ether oxygens (including phenoxy) is 1. The molecule has 0 aliphatic rings. The van der Waals surface area contributed by atoms with Gasteiger partial charge in [-0.15, -0.1) is 0 Å². The number of rotatable bonds is 3. The summed E-state index contributed by atoms with van der Waals surface area (Å²) < 4.78 is 20.1. The van der Waals surface area contributed by atoms with E-state index in [0.29, 0.717) is 11.2 Å². The minimum Gasteiger partial charge on any atom is -0.496 e. The van der Waals surface area contributed by atoms with Gasteiger partial charge in [0.1, 0.15) is 11.2 Å². The van der Waals surface area contributed by atoms with Gasteiger partial charge >= 0.3 is 0 Å². The van der Waals surface area contributed by atoms with E-state index in [1.807, 2.05) is 75.4 Å². The summed E-state index contributed by atoms with van der Waals surface area (Å²) in [6.45, 7) is 6.01. The zero-order valence-corrected chi connectivity index (χ0v) is 15.4. The summed E-state index contributed by atoms with van der Waals surface area (Å²) in [5.74, 6) is 0.651. The Labute approximate surface area is 143 Å². The van der Waals surface area contributed by atoms with E-state index in [0.717, 1.165) is 16.1 Å². The van der Waals surface area contributed by atoms with Crippen molar-refractivity contribution in [2.24, 2.45) is 0 Å². The third-order valence-electron chi connectivity index (χ3n) is 4.31. The van der Waals surface area contributed by atoms with E-state index in [2.05, 4.69) is 4.98 Å². The van der Waals surface area contributed by atoms with Crippen LogP contribution in [-0.4, -0.2) is 17.2 Å². The summed E-state index contributed by atoms with van der Waals surface area (Å²) in [5, 5.41) is 2.28. The van der Waals surface area contributed by atoms with E-state index >= 15 is 0 Å². The summed E-state index contributed by atoms with van der Waals surface area (Å²) in [6, 6.07) is 17.5.